The number of aryl methyl sites for hydroxylation is 2. The zero-order chi connectivity index (χ0) is 8.10. The first-order chi connectivity index (χ1) is 5.38. The van der Waals surface area contributed by atoms with E-state index in [4.69, 9.17) is 0 Å². The van der Waals surface area contributed by atoms with Crippen molar-refractivity contribution in [1.29, 1.82) is 0 Å². The summed E-state index contributed by atoms with van der Waals surface area (Å²) in [4.78, 5) is 0. The normalized spacial score (nSPS) is 8.14. The maximum Gasteiger partial charge on any atom is 3.00 e. The predicted octanol–water partition coefficient (Wildman–Crippen LogP) is -2.68. The van der Waals surface area contributed by atoms with Crippen molar-refractivity contribution in [3.8, 4) is 0 Å². The Morgan fingerprint density at radius 3 is 2.29 bits per heavy atom. The average Bonchev–Trinajstić information content (AvgIpc) is 2.39. The van der Waals surface area contributed by atoms with Gasteiger partial charge in [-0.05, 0) is 0 Å². The fourth-order valence-electron chi connectivity index (χ4n) is 1.52. The Morgan fingerprint density at radius 1 is 1.14 bits per heavy atom. The molecule has 3 heteroatoms. The van der Waals surface area contributed by atoms with Gasteiger partial charge in [-0.15, -0.1) is 0 Å². The van der Waals surface area contributed by atoms with Crippen LogP contribution in [-0.4, -0.2) is 0 Å². The van der Waals surface area contributed by atoms with Crippen LogP contribution in [0.2, 0.25) is 0 Å². The Hall–Kier alpha value is 0.813. The van der Waals surface area contributed by atoms with Gasteiger partial charge in [-0.1, -0.05) is 39.5 Å². The van der Waals surface area contributed by atoms with Gasteiger partial charge >= 0.3 is 26.2 Å². The number of hydrogen-bond donors (Lipinski definition) is 0. The summed E-state index contributed by atoms with van der Waals surface area (Å²) in [5, 5.41) is 0. The molecule has 0 atom stereocenters. The minimum absolute atomic E-state index is 0. The zero-order valence-corrected chi connectivity index (χ0v) is 12.8. The molecule has 0 N–H and O–H groups in total. The van der Waals surface area contributed by atoms with Crippen molar-refractivity contribution in [2.75, 3.05) is 0 Å². The van der Waals surface area contributed by atoms with Crippen molar-refractivity contribution >= 4 is 0 Å². The van der Waals surface area contributed by atoms with E-state index in [1.54, 1.807) is 11.1 Å². The Morgan fingerprint density at radius 2 is 1.79 bits per heavy atom. The molecule has 0 unspecified atom stereocenters. The van der Waals surface area contributed by atoms with Crippen LogP contribution in [0.15, 0.2) is 18.2 Å². The minimum atomic E-state index is 0. The van der Waals surface area contributed by atoms with E-state index in [9.17, 15) is 0 Å². The third kappa shape index (κ3) is 6.33. The van der Waals surface area contributed by atoms with Gasteiger partial charge in [0.1, 0.15) is 0 Å². The van der Waals surface area contributed by atoms with Crippen LogP contribution in [0.5, 0.6) is 0 Å². The Labute approximate surface area is 119 Å². The molecule has 79 valence electrons. The van der Waals surface area contributed by atoms with E-state index in [1.807, 2.05) is 0 Å². The second-order valence-corrected chi connectivity index (χ2v) is 3.08. The van der Waals surface area contributed by atoms with Gasteiger partial charge in [-0.3, -0.25) is 0 Å². The molecule has 0 saturated carbocycles. The SMILES string of the molecule is CCCc1ccc[c-]1CCC.[Cl-].[Cl-].[Zr+3]. The van der Waals surface area contributed by atoms with E-state index < -0.39 is 0 Å². The molecule has 14 heavy (non-hydrogen) atoms. The fraction of sp³-hybridized carbons (Fsp3) is 0.545. The number of hydrogen-bond acceptors (Lipinski definition) is 0. The summed E-state index contributed by atoms with van der Waals surface area (Å²) in [5.41, 5.74) is 3.13. The van der Waals surface area contributed by atoms with Crippen LogP contribution in [0.25, 0.3) is 0 Å². The predicted molar refractivity (Wildman–Crippen MR) is 50.0 cm³/mol. The molecule has 0 bridgehead atoms. The van der Waals surface area contributed by atoms with Gasteiger partial charge in [0.2, 0.25) is 0 Å². The summed E-state index contributed by atoms with van der Waals surface area (Å²) in [7, 11) is 0. The number of halogens is 2. The summed E-state index contributed by atoms with van der Waals surface area (Å²) in [6.07, 6.45) is 5.03. The Kier molecular flexibility index (Phi) is 17.2. The average molecular weight is 311 g/mol. The van der Waals surface area contributed by atoms with Gasteiger partial charge in [-0.2, -0.15) is 17.2 Å². The first-order valence-electron chi connectivity index (χ1n) is 4.62. The van der Waals surface area contributed by atoms with E-state index >= 15 is 0 Å². The number of rotatable bonds is 4. The van der Waals surface area contributed by atoms with Crippen LogP contribution in [0, 0.1) is 0 Å². The van der Waals surface area contributed by atoms with E-state index in [-0.39, 0.29) is 51.0 Å². The topological polar surface area (TPSA) is 0 Å². The molecule has 1 aromatic carbocycles. The van der Waals surface area contributed by atoms with Crippen LogP contribution in [-0.2, 0) is 39.0 Å². The van der Waals surface area contributed by atoms with Crippen molar-refractivity contribution in [3.63, 3.8) is 0 Å². The maximum atomic E-state index is 2.26. The van der Waals surface area contributed by atoms with Crippen LogP contribution >= 0.6 is 0 Å². The van der Waals surface area contributed by atoms with E-state index in [0.717, 1.165) is 0 Å². The summed E-state index contributed by atoms with van der Waals surface area (Å²) >= 11 is 0. The first-order valence-corrected chi connectivity index (χ1v) is 4.62. The molecular formula is C11H17Cl2Zr. The Bertz CT molecular complexity index is 188. The molecule has 0 aliphatic carbocycles. The third-order valence-electron chi connectivity index (χ3n) is 2.05. The third-order valence-corrected chi connectivity index (χ3v) is 2.05. The molecule has 0 aliphatic rings. The van der Waals surface area contributed by atoms with Gasteiger partial charge < -0.3 is 24.8 Å². The van der Waals surface area contributed by atoms with Gasteiger partial charge in [0, 0.05) is 0 Å². The fourth-order valence-corrected chi connectivity index (χ4v) is 1.52. The van der Waals surface area contributed by atoms with E-state index in [0.29, 0.717) is 0 Å². The van der Waals surface area contributed by atoms with Crippen LogP contribution in [0.3, 0.4) is 0 Å². The van der Waals surface area contributed by atoms with Crippen LogP contribution < -0.4 is 24.8 Å². The molecule has 0 aliphatic heterocycles. The molecule has 1 rings (SSSR count). The second kappa shape index (κ2) is 11.9. The molecule has 0 saturated heterocycles. The van der Waals surface area contributed by atoms with Gasteiger partial charge in [-0.25, -0.2) is 12.1 Å². The summed E-state index contributed by atoms with van der Waals surface area (Å²) in [6, 6.07) is 6.69. The van der Waals surface area contributed by atoms with E-state index in [2.05, 4.69) is 32.0 Å². The summed E-state index contributed by atoms with van der Waals surface area (Å²) in [6.45, 7) is 4.48. The van der Waals surface area contributed by atoms with E-state index in [1.165, 1.54) is 25.7 Å². The van der Waals surface area contributed by atoms with Crippen LogP contribution in [0.1, 0.15) is 37.8 Å². The summed E-state index contributed by atoms with van der Waals surface area (Å²) < 4.78 is 0. The molecule has 0 heterocycles. The van der Waals surface area contributed by atoms with Crippen molar-refractivity contribution in [1.82, 2.24) is 0 Å². The molecule has 0 fully saturated rings. The molecule has 0 aromatic heterocycles. The Balaban J connectivity index is -0.000000403. The molecule has 0 spiro atoms. The second-order valence-electron chi connectivity index (χ2n) is 3.08. The van der Waals surface area contributed by atoms with Crippen molar-refractivity contribution in [2.24, 2.45) is 0 Å². The van der Waals surface area contributed by atoms with Gasteiger partial charge in [0.05, 0.1) is 0 Å². The quantitative estimate of drug-likeness (QED) is 0.532. The van der Waals surface area contributed by atoms with Crippen molar-refractivity contribution in [2.45, 2.75) is 39.5 Å². The molecule has 0 amide bonds. The molecule has 1 aromatic rings. The molecule has 1 radical (unpaired) electrons. The van der Waals surface area contributed by atoms with Crippen molar-refractivity contribution in [3.05, 3.63) is 29.3 Å². The monoisotopic (exact) mass is 309 g/mol. The standard InChI is InChI=1S/C11H17.2ClH.Zr/c1-3-6-10-8-5-9-11(10)7-4-2;;;/h5,8-9H,3-4,6-7H2,1-2H3;2*1H;/q-1;;;+3/p-2. The van der Waals surface area contributed by atoms with Crippen molar-refractivity contribution < 1.29 is 51.0 Å². The zero-order valence-electron chi connectivity index (χ0n) is 8.82. The smallest absolute Gasteiger partial charge is 1.00 e. The summed E-state index contributed by atoms with van der Waals surface area (Å²) in [5.74, 6) is 0. The van der Waals surface area contributed by atoms with Gasteiger partial charge in [0.25, 0.3) is 0 Å². The van der Waals surface area contributed by atoms with Gasteiger partial charge in [0.15, 0.2) is 0 Å². The first kappa shape index (κ1) is 20.3. The largest absolute Gasteiger partial charge is 3.00 e. The molecule has 0 nitrogen and oxygen atoms in total. The maximum absolute atomic E-state index is 2.26. The molecular weight excluding hydrogens is 294 g/mol. The minimum Gasteiger partial charge on any atom is -1.00 e. The van der Waals surface area contributed by atoms with Crippen LogP contribution in [0.4, 0.5) is 0 Å².